The van der Waals surface area contributed by atoms with Crippen molar-refractivity contribution in [2.45, 2.75) is 38.0 Å². The molecule has 0 aliphatic heterocycles. The molecular formula is C23H24F3N5O4S. The summed E-state index contributed by atoms with van der Waals surface area (Å²) < 4.78 is 67.1. The molecule has 2 aromatic heterocycles. The molecule has 192 valence electrons. The van der Waals surface area contributed by atoms with E-state index in [0.29, 0.717) is 23.2 Å². The van der Waals surface area contributed by atoms with Gasteiger partial charge in [-0.05, 0) is 55.0 Å². The molecule has 4 rings (SSSR count). The fourth-order valence-corrected chi connectivity index (χ4v) is 4.59. The van der Waals surface area contributed by atoms with E-state index < -0.39 is 22.0 Å². The first kappa shape index (κ1) is 25.8. The SMILES string of the molecule is NS(=O)(=O)OC[C@@H]1CC[C@H](Nc2ccncc2C(=O)c2ccn(Cc3cccc(C(F)(F)F)c3)n2)C1. The number of halogens is 3. The number of carbonyl (C=O) groups excluding carboxylic acids is 1. The first-order valence-electron chi connectivity index (χ1n) is 11.1. The summed E-state index contributed by atoms with van der Waals surface area (Å²) in [6.45, 7) is 0.0713. The van der Waals surface area contributed by atoms with Crippen LogP contribution in [-0.4, -0.2) is 41.6 Å². The molecule has 2 heterocycles. The molecule has 1 fully saturated rings. The minimum Gasteiger partial charge on any atom is -0.382 e. The second-order valence-corrected chi connectivity index (χ2v) is 9.87. The van der Waals surface area contributed by atoms with Crippen LogP contribution in [0.1, 0.15) is 46.4 Å². The molecule has 3 aromatic rings. The van der Waals surface area contributed by atoms with Crippen LogP contribution >= 0.6 is 0 Å². The quantitative estimate of drug-likeness (QED) is 0.412. The van der Waals surface area contributed by atoms with E-state index in [-0.39, 0.29) is 36.6 Å². The van der Waals surface area contributed by atoms with Gasteiger partial charge < -0.3 is 5.32 Å². The van der Waals surface area contributed by atoms with Crippen molar-refractivity contribution in [2.75, 3.05) is 11.9 Å². The van der Waals surface area contributed by atoms with Crippen molar-refractivity contribution in [3.8, 4) is 0 Å². The third-order valence-electron chi connectivity index (χ3n) is 5.91. The van der Waals surface area contributed by atoms with Gasteiger partial charge in [-0.25, -0.2) is 5.14 Å². The molecule has 13 heteroatoms. The summed E-state index contributed by atoms with van der Waals surface area (Å²) in [6, 6.07) is 8.10. The van der Waals surface area contributed by atoms with Crippen LogP contribution in [0.25, 0.3) is 0 Å². The van der Waals surface area contributed by atoms with Crippen molar-refractivity contribution in [3.63, 3.8) is 0 Å². The van der Waals surface area contributed by atoms with Crippen molar-refractivity contribution >= 4 is 21.8 Å². The molecule has 1 aromatic carbocycles. The van der Waals surface area contributed by atoms with Crippen LogP contribution in [0.2, 0.25) is 0 Å². The first-order valence-corrected chi connectivity index (χ1v) is 12.6. The van der Waals surface area contributed by atoms with Gasteiger partial charge in [0.25, 0.3) is 0 Å². The van der Waals surface area contributed by atoms with Gasteiger partial charge in [-0.3, -0.25) is 18.6 Å². The van der Waals surface area contributed by atoms with Crippen LogP contribution in [0, 0.1) is 5.92 Å². The molecule has 0 bridgehead atoms. The van der Waals surface area contributed by atoms with Crippen LogP contribution in [0.5, 0.6) is 0 Å². The molecule has 1 saturated carbocycles. The monoisotopic (exact) mass is 523 g/mol. The third kappa shape index (κ3) is 6.68. The van der Waals surface area contributed by atoms with Gasteiger partial charge in [0.05, 0.1) is 24.3 Å². The number of hydrogen-bond acceptors (Lipinski definition) is 7. The lowest BCUT2D eigenvalue weighted by Gasteiger charge is -2.16. The zero-order valence-corrected chi connectivity index (χ0v) is 19.8. The Kier molecular flexibility index (Phi) is 7.43. The Bertz CT molecular complexity index is 1340. The van der Waals surface area contributed by atoms with E-state index >= 15 is 0 Å². The minimum absolute atomic E-state index is 0.00244. The Balaban J connectivity index is 1.43. The van der Waals surface area contributed by atoms with E-state index in [1.54, 1.807) is 18.3 Å². The number of benzene rings is 1. The number of alkyl halides is 3. The molecule has 36 heavy (non-hydrogen) atoms. The average molecular weight is 524 g/mol. The zero-order chi connectivity index (χ0) is 25.9. The van der Waals surface area contributed by atoms with E-state index in [0.717, 1.165) is 25.0 Å². The van der Waals surface area contributed by atoms with E-state index in [2.05, 4.69) is 15.4 Å². The van der Waals surface area contributed by atoms with E-state index in [1.165, 1.54) is 29.2 Å². The summed E-state index contributed by atoms with van der Waals surface area (Å²) in [5, 5.41) is 12.5. The summed E-state index contributed by atoms with van der Waals surface area (Å²) >= 11 is 0. The summed E-state index contributed by atoms with van der Waals surface area (Å²) in [5.41, 5.74) is 0.633. The maximum absolute atomic E-state index is 13.2. The number of hydrogen-bond donors (Lipinski definition) is 2. The number of rotatable bonds is 9. The molecule has 0 saturated heterocycles. The Morgan fingerprint density at radius 3 is 2.78 bits per heavy atom. The molecule has 3 N–H and O–H groups in total. The maximum atomic E-state index is 13.2. The maximum Gasteiger partial charge on any atom is 0.416 e. The molecule has 1 aliphatic carbocycles. The highest BCUT2D eigenvalue weighted by atomic mass is 32.2. The first-order chi connectivity index (χ1) is 17.0. The smallest absolute Gasteiger partial charge is 0.382 e. The van der Waals surface area contributed by atoms with E-state index in [9.17, 15) is 26.4 Å². The number of ketones is 1. The summed E-state index contributed by atoms with van der Waals surface area (Å²) in [5.74, 6) is -0.381. The number of nitrogens with zero attached hydrogens (tertiary/aromatic N) is 3. The molecular weight excluding hydrogens is 499 g/mol. The van der Waals surface area contributed by atoms with E-state index in [1.807, 2.05) is 0 Å². The van der Waals surface area contributed by atoms with Gasteiger partial charge in [-0.2, -0.15) is 26.7 Å². The number of pyridine rings is 1. The third-order valence-corrected chi connectivity index (χ3v) is 6.37. The van der Waals surface area contributed by atoms with Gasteiger partial charge in [0.1, 0.15) is 5.69 Å². The van der Waals surface area contributed by atoms with Gasteiger partial charge in [-0.1, -0.05) is 12.1 Å². The zero-order valence-electron chi connectivity index (χ0n) is 19.0. The van der Waals surface area contributed by atoms with Crippen LogP contribution in [0.15, 0.2) is 55.0 Å². The second kappa shape index (κ2) is 10.4. The Morgan fingerprint density at radius 1 is 1.22 bits per heavy atom. The number of nitrogens with one attached hydrogen (secondary N) is 1. The van der Waals surface area contributed by atoms with Gasteiger partial charge in [0, 0.05) is 30.3 Å². The number of aromatic nitrogens is 3. The van der Waals surface area contributed by atoms with E-state index in [4.69, 9.17) is 9.32 Å². The molecule has 9 nitrogen and oxygen atoms in total. The second-order valence-electron chi connectivity index (χ2n) is 8.64. The van der Waals surface area contributed by atoms with Gasteiger partial charge in [-0.15, -0.1) is 0 Å². The Labute approximate surface area is 205 Å². The average Bonchev–Trinajstić information content (AvgIpc) is 3.46. The molecule has 0 spiro atoms. The Hall–Kier alpha value is -3.29. The number of nitrogens with two attached hydrogens (primary N) is 1. The predicted molar refractivity (Wildman–Crippen MR) is 124 cm³/mol. The lowest BCUT2D eigenvalue weighted by Crippen LogP contribution is -2.21. The van der Waals surface area contributed by atoms with Crippen LogP contribution in [0.4, 0.5) is 18.9 Å². The lowest BCUT2D eigenvalue weighted by atomic mass is 10.1. The summed E-state index contributed by atoms with van der Waals surface area (Å²) in [4.78, 5) is 17.2. The highest BCUT2D eigenvalue weighted by Gasteiger charge is 2.30. The van der Waals surface area contributed by atoms with Gasteiger partial charge in [0.15, 0.2) is 0 Å². The minimum atomic E-state index is -4.44. The topological polar surface area (TPSA) is 129 Å². The standard InChI is InChI=1S/C23H24F3N5O4S/c24-23(25,26)17-3-1-2-15(10-17)13-31-9-7-21(30-31)22(32)19-12-28-8-6-20(19)29-18-5-4-16(11-18)14-35-36(27,33)34/h1-3,6-10,12,16,18H,4-5,11,13-14H2,(H,28,29)(H2,27,33,34)/t16-,18+/m1/s1. The largest absolute Gasteiger partial charge is 0.416 e. The van der Waals surface area contributed by atoms with Gasteiger partial charge >= 0.3 is 16.5 Å². The van der Waals surface area contributed by atoms with Crippen molar-refractivity contribution < 1.29 is 30.6 Å². The number of anilines is 1. The fraction of sp³-hybridized carbons (Fsp3) is 0.348. The van der Waals surface area contributed by atoms with Crippen LogP contribution in [0.3, 0.4) is 0 Å². The van der Waals surface area contributed by atoms with Crippen LogP contribution in [-0.2, 0) is 27.2 Å². The highest BCUT2D eigenvalue weighted by Crippen LogP contribution is 2.31. The number of carbonyl (C=O) groups is 1. The normalized spacial score (nSPS) is 18.3. The summed E-state index contributed by atoms with van der Waals surface area (Å²) in [7, 11) is -4.00. The molecule has 0 amide bonds. The lowest BCUT2D eigenvalue weighted by molar-refractivity contribution is -0.137. The summed E-state index contributed by atoms with van der Waals surface area (Å²) in [6.07, 6.45) is 2.18. The highest BCUT2D eigenvalue weighted by molar-refractivity contribution is 7.84. The van der Waals surface area contributed by atoms with Crippen molar-refractivity contribution in [1.29, 1.82) is 0 Å². The predicted octanol–water partition coefficient (Wildman–Crippen LogP) is 3.38. The van der Waals surface area contributed by atoms with Crippen LogP contribution < -0.4 is 10.5 Å². The van der Waals surface area contributed by atoms with Gasteiger partial charge in [0.2, 0.25) is 5.78 Å². The Morgan fingerprint density at radius 2 is 2.03 bits per heavy atom. The molecule has 1 aliphatic rings. The van der Waals surface area contributed by atoms with Crippen molar-refractivity contribution in [2.24, 2.45) is 11.1 Å². The molecule has 0 unspecified atom stereocenters. The van der Waals surface area contributed by atoms with Crippen molar-refractivity contribution in [3.05, 3.63) is 77.4 Å². The van der Waals surface area contributed by atoms with Crippen molar-refractivity contribution in [1.82, 2.24) is 14.8 Å². The fourth-order valence-electron chi connectivity index (χ4n) is 4.21. The molecule has 2 atom stereocenters. The molecule has 0 radical (unpaired) electrons.